The molecule has 3 heteroatoms. The lowest BCUT2D eigenvalue weighted by Gasteiger charge is -2.17. The fourth-order valence-electron chi connectivity index (χ4n) is 1.16. The molecule has 0 aromatic carbocycles. The van der Waals surface area contributed by atoms with Gasteiger partial charge in [-0.05, 0) is 26.2 Å². The molecule has 1 rings (SSSR count). The van der Waals surface area contributed by atoms with Crippen molar-refractivity contribution in [2.45, 2.75) is 38.7 Å². The molecule has 0 radical (unpaired) electrons. The Kier molecular flexibility index (Phi) is 2.35. The Labute approximate surface area is 59.1 Å². The highest BCUT2D eigenvalue weighted by Gasteiger charge is 2.21. The summed E-state index contributed by atoms with van der Waals surface area (Å²) >= 11 is 0. The van der Waals surface area contributed by atoms with Crippen LogP contribution >= 0.6 is 0 Å². The van der Waals surface area contributed by atoms with Gasteiger partial charge < -0.3 is 0 Å². The monoisotopic (exact) mass is 147 g/mol. The summed E-state index contributed by atoms with van der Waals surface area (Å²) in [6, 6.07) is -0.714. The first-order valence-corrected chi connectivity index (χ1v) is 3.51. The van der Waals surface area contributed by atoms with Crippen LogP contribution in [0.4, 0.5) is 8.78 Å². The van der Waals surface area contributed by atoms with Crippen molar-refractivity contribution in [3.05, 3.63) is 0 Å². The zero-order chi connectivity index (χ0) is 7.56. The molecule has 1 heterocycles. The predicted octanol–water partition coefficient (Wildman–Crippen LogP) is 2.26. The quantitative estimate of drug-likeness (QED) is 0.539. The maximum absolute atomic E-state index is 12.0. The van der Waals surface area contributed by atoms with Gasteiger partial charge in [-0.1, -0.05) is 0 Å². The molecule has 0 saturated carbocycles. The van der Waals surface area contributed by atoms with Gasteiger partial charge in [-0.3, -0.25) is 4.99 Å². The predicted molar refractivity (Wildman–Crippen MR) is 36.8 cm³/mol. The molecule has 0 bridgehead atoms. The van der Waals surface area contributed by atoms with Gasteiger partial charge in [0.1, 0.15) is 6.04 Å². The van der Waals surface area contributed by atoms with Crippen molar-refractivity contribution < 1.29 is 8.78 Å². The highest BCUT2D eigenvalue weighted by molar-refractivity contribution is 5.82. The zero-order valence-electron chi connectivity index (χ0n) is 5.98. The number of rotatable bonds is 1. The largest absolute Gasteiger partial charge is 0.285 e. The van der Waals surface area contributed by atoms with Crippen molar-refractivity contribution in [3.8, 4) is 0 Å². The van der Waals surface area contributed by atoms with E-state index in [9.17, 15) is 8.78 Å². The molecule has 1 unspecified atom stereocenters. The van der Waals surface area contributed by atoms with Crippen LogP contribution < -0.4 is 0 Å². The first kappa shape index (κ1) is 7.63. The van der Waals surface area contributed by atoms with Crippen LogP contribution in [0.25, 0.3) is 0 Å². The average Bonchev–Trinajstić information content (AvgIpc) is 1.88. The van der Waals surface area contributed by atoms with E-state index in [1.54, 1.807) is 0 Å². The molecule has 0 aromatic rings. The van der Waals surface area contributed by atoms with Gasteiger partial charge in [0.15, 0.2) is 0 Å². The van der Waals surface area contributed by atoms with Crippen molar-refractivity contribution in [2.75, 3.05) is 0 Å². The lowest BCUT2D eigenvalue weighted by Crippen LogP contribution is -2.21. The minimum absolute atomic E-state index is 0.551. The summed E-state index contributed by atoms with van der Waals surface area (Å²) in [5.41, 5.74) is 0.872. The van der Waals surface area contributed by atoms with Gasteiger partial charge in [0.05, 0.1) is 0 Å². The number of nitrogens with zero attached hydrogens (tertiary/aromatic N) is 1. The van der Waals surface area contributed by atoms with Gasteiger partial charge in [0.25, 0.3) is 6.43 Å². The third-order valence-corrected chi connectivity index (χ3v) is 1.72. The standard InChI is InChI=1S/C7H11F2N/c1-5-3-2-4-6(10-5)7(8)9/h6-7H,2-4H2,1H3. The smallest absolute Gasteiger partial charge is 0.260 e. The number of aliphatic imine (C=N–C) groups is 1. The van der Waals surface area contributed by atoms with Crippen LogP contribution in [0.5, 0.6) is 0 Å². The normalized spacial score (nSPS) is 26.8. The Balaban J connectivity index is 2.53. The van der Waals surface area contributed by atoms with E-state index in [0.29, 0.717) is 6.42 Å². The zero-order valence-corrected chi connectivity index (χ0v) is 5.98. The summed E-state index contributed by atoms with van der Waals surface area (Å²) in [6.45, 7) is 1.81. The Morgan fingerprint density at radius 2 is 2.30 bits per heavy atom. The molecule has 1 aliphatic heterocycles. The summed E-state index contributed by atoms with van der Waals surface area (Å²) in [7, 11) is 0. The van der Waals surface area contributed by atoms with E-state index in [1.165, 1.54) is 0 Å². The second kappa shape index (κ2) is 3.08. The second-order valence-electron chi connectivity index (χ2n) is 2.66. The molecule has 0 spiro atoms. The van der Waals surface area contributed by atoms with Gasteiger partial charge in [-0.2, -0.15) is 0 Å². The Morgan fingerprint density at radius 3 is 2.70 bits per heavy atom. The van der Waals surface area contributed by atoms with Crippen molar-refractivity contribution in [1.82, 2.24) is 0 Å². The van der Waals surface area contributed by atoms with E-state index in [2.05, 4.69) is 4.99 Å². The molecule has 0 aromatic heterocycles. The summed E-state index contributed by atoms with van der Waals surface area (Å²) in [4.78, 5) is 3.85. The van der Waals surface area contributed by atoms with Gasteiger partial charge >= 0.3 is 0 Å². The number of hydrogen-bond donors (Lipinski definition) is 0. The molecule has 1 atom stereocenters. The number of hydrogen-bond acceptors (Lipinski definition) is 1. The molecule has 58 valence electrons. The Bertz CT molecular complexity index is 143. The highest BCUT2D eigenvalue weighted by Crippen LogP contribution is 2.18. The Hall–Kier alpha value is -0.470. The van der Waals surface area contributed by atoms with E-state index >= 15 is 0 Å². The first-order valence-electron chi connectivity index (χ1n) is 3.51. The summed E-state index contributed by atoms with van der Waals surface area (Å²) in [5.74, 6) is 0. The fraction of sp³-hybridized carbons (Fsp3) is 0.857. The minimum Gasteiger partial charge on any atom is -0.285 e. The van der Waals surface area contributed by atoms with Crippen LogP contribution in [0.3, 0.4) is 0 Å². The molecule has 1 nitrogen and oxygen atoms in total. The van der Waals surface area contributed by atoms with Crippen LogP contribution in [-0.2, 0) is 0 Å². The SMILES string of the molecule is CC1=NC(C(F)F)CCC1. The summed E-state index contributed by atoms with van der Waals surface area (Å²) in [6.07, 6.45) is 0.0398. The Morgan fingerprint density at radius 1 is 1.60 bits per heavy atom. The van der Waals surface area contributed by atoms with Crippen LogP contribution in [0.1, 0.15) is 26.2 Å². The molecule has 0 saturated heterocycles. The average molecular weight is 147 g/mol. The van der Waals surface area contributed by atoms with Gasteiger partial charge in [0, 0.05) is 5.71 Å². The molecule has 0 amide bonds. The highest BCUT2D eigenvalue weighted by atomic mass is 19.3. The first-order chi connectivity index (χ1) is 4.70. The van der Waals surface area contributed by atoms with E-state index < -0.39 is 12.5 Å². The molecule has 1 aliphatic rings. The van der Waals surface area contributed by atoms with Crippen LogP contribution in [0.2, 0.25) is 0 Å². The van der Waals surface area contributed by atoms with E-state index in [-0.39, 0.29) is 0 Å². The van der Waals surface area contributed by atoms with E-state index in [1.807, 2.05) is 6.92 Å². The lowest BCUT2D eigenvalue weighted by atomic mass is 10.0. The molecular formula is C7H11F2N. The van der Waals surface area contributed by atoms with Crippen molar-refractivity contribution in [2.24, 2.45) is 4.99 Å². The number of halogens is 2. The molecule has 0 N–H and O–H groups in total. The minimum atomic E-state index is -2.27. The molecular weight excluding hydrogens is 136 g/mol. The molecule has 0 fully saturated rings. The fourth-order valence-corrected chi connectivity index (χ4v) is 1.16. The van der Waals surface area contributed by atoms with Gasteiger partial charge in [0.2, 0.25) is 0 Å². The van der Waals surface area contributed by atoms with Crippen molar-refractivity contribution >= 4 is 5.71 Å². The third-order valence-electron chi connectivity index (χ3n) is 1.72. The van der Waals surface area contributed by atoms with Crippen molar-refractivity contribution in [3.63, 3.8) is 0 Å². The van der Waals surface area contributed by atoms with Crippen molar-refractivity contribution in [1.29, 1.82) is 0 Å². The molecule has 0 aliphatic carbocycles. The van der Waals surface area contributed by atoms with Gasteiger partial charge in [-0.25, -0.2) is 8.78 Å². The summed E-state index contributed by atoms with van der Waals surface area (Å²) < 4.78 is 24.0. The number of alkyl halides is 2. The van der Waals surface area contributed by atoms with Gasteiger partial charge in [-0.15, -0.1) is 0 Å². The third kappa shape index (κ3) is 1.75. The van der Waals surface area contributed by atoms with Crippen LogP contribution in [0, 0.1) is 0 Å². The molecule has 10 heavy (non-hydrogen) atoms. The van der Waals surface area contributed by atoms with Crippen LogP contribution in [-0.4, -0.2) is 18.2 Å². The summed E-state index contributed by atoms with van der Waals surface area (Å²) in [5, 5.41) is 0. The van der Waals surface area contributed by atoms with Crippen LogP contribution in [0.15, 0.2) is 4.99 Å². The lowest BCUT2D eigenvalue weighted by molar-refractivity contribution is 0.110. The topological polar surface area (TPSA) is 12.4 Å². The maximum atomic E-state index is 12.0. The van der Waals surface area contributed by atoms with E-state index in [4.69, 9.17) is 0 Å². The second-order valence-corrected chi connectivity index (χ2v) is 2.66. The maximum Gasteiger partial charge on any atom is 0.260 e. The van der Waals surface area contributed by atoms with E-state index in [0.717, 1.165) is 18.6 Å².